The first-order valence-electron chi connectivity index (χ1n) is 8.57. The van der Waals surface area contributed by atoms with Crippen LogP contribution in [-0.2, 0) is 10.1 Å². The van der Waals surface area contributed by atoms with Crippen LogP contribution in [0, 0.1) is 0 Å². The molecule has 25 heavy (non-hydrogen) atoms. The van der Waals surface area contributed by atoms with Gasteiger partial charge in [0.25, 0.3) is 0 Å². The van der Waals surface area contributed by atoms with Gasteiger partial charge in [0.15, 0.2) is 0 Å². The van der Waals surface area contributed by atoms with Crippen molar-refractivity contribution in [1.82, 2.24) is 0 Å². The van der Waals surface area contributed by atoms with Crippen molar-refractivity contribution in [2.24, 2.45) is 0 Å². The molecule has 0 amide bonds. The van der Waals surface area contributed by atoms with E-state index in [1.165, 1.54) is 0 Å². The number of anilines is 1. The van der Waals surface area contributed by atoms with Crippen molar-refractivity contribution in [1.29, 1.82) is 0 Å². The second kappa shape index (κ2) is 9.09. The van der Waals surface area contributed by atoms with Crippen LogP contribution < -0.4 is 39.2 Å². The number of hydrogen-bond donors (Lipinski definition) is 0. The van der Waals surface area contributed by atoms with Gasteiger partial charge >= 0.3 is 29.6 Å². The maximum absolute atomic E-state index is 11.3. The van der Waals surface area contributed by atoms with Gasteiger partial charge in [-0.1, -0.05) is 25.8 Å². The molecular weight excluding hydrogens is 349 g/mol. The molecule has 0 aromatic heterocycles. The van der Waals surface area contributed by atoms with Gasteiger partial charge in [0.1, 0.15) is 5.75 Å². The smallest absolute Gasteiger partial charge is 0.748 e. The average molecular weight is 377 g/mol. The zero-order valence-electron chi connectivity index (χ0n) is 16.0. The van der Waals surface area contributed by atoms with Crippen LogP contribution in [0.2, 0.25) is 0 Å². The normalized spacial score (nSPS) is 19.1. The van der Waals surface area contributed by atoms with Gasteiger partial charge in [0.2, 0.25) is 0 Å². The molecule has 0 saturated heterocycles. The van der Waals surface area contributed by atoms with E-state index in [2.05, 4.69) is 25.7 Å². The monoisotopic (exact) mass is 377 g/mol. The topological polar surface area (TPSA) is 69.7 Å². The van der Waals surface area contributed by atoms with Crippen molar-refractivity contribution in [3.8, 4) is 5.75 Å². The van der Waals surface area contributed by atoms with E-state index in [9.17, 15) is 13.0 Å². The summed E-state index contributed by atoms with van der Waals surface area (Å²) in [4.78, 5) is 2.34. The second-order valence-corrected chi connectivity index (χ2v) is 8.67. The Kier molecular flexibility index (Phi) is 8.28. The number of rotatable bonds is 7. The molecule has 1 aliphatic rings. The molecule has 0 saturated carbocycles. The Labute approximate surface area is 174 Å². The quantitative estimate of drug-likeness (QED) is 0.393. The molecule has 0 spiro atoms. The predicted octanol–water partition coefficient (Wildman–Crippen LogP) is 0.507. The molecule has 1 heterocycles. The van der Waals surface area contributed by atoms with Crippen LogP contribution in [0.1, 0.15) is 57.9 Å². The van der Waals surface area contributed by atoms with Crippen LogP contribution in [0.15, 0.2) is 18.2 Å². The molecule has 1 unspecified atom stereocenters. The summed E-state index contributed by atoms with van der Waals surface area (Å²) < 4.78 is 39.4. The van der Waals surface area contributed by atoms with E-state index in [1.54, 1.807) is 7.11 Å². The molecule has 1 aromatic carbocycles. The van der Waals surface area contributed by atoms with Crippen LogP contribution in [0.5, 0.6) is 5.75 Å². The van der Waals surface area contributed by atoms with Crippen molar-refractivity contribution in [3.05, 3.63) is 23.8 Å². The molecule has 7 heteroatoms. The molecule has 0 bridgehead atoms. The third-order valence-electron chi connectivity index (χ3n) is 4.84. The Morgan fingerprint density at radius 3 is 2.56 bits per heavy atom. The van der Waals surface area contributed by atoms with Crippen molar-refractivity contribution in [2.45, 2.75) is 57.9 Å². The third-order valence-corrected chi connectivity index (χ3v) is 5.65. The Morgan fingerprint density at radius 2 is 2.00 bits per heavy atom. The van der Waals surface area contributed by atoms with E-state index in [1.807, 2.05) is 18.2 Å². The number of ether oxygens (including phenoxy) is 1. The zero-order valence-corrected chi connectivity index (χ0v) is 18.9. The van der Waals surface area contributed by atoms with Gasteiger partial charge in [-0.25, -0.2) is 8.42 Å². The number of nitrogens with zero attached hydrogens (tertiary/aromatic N) is 1. The van der Waals surface area contributed by atoms with Crippen molar-refractivity contribution < 1.29 is 47.3 Å². The third kappa shape index (κ3) is 5.86. The minimum atomic E-state index is -4.27. The van der Waals surface area contributed by atoms with E-state index in [-0.39, 0.29) is 46.8 Å². The van der Waals surface area contributed by atoms with Gasteiger partial charge in [0.05, 0.1) is 17.2 Å². The Bertz CT molecular complexity index is 676. The first kappa shape index (κ1) is 22.8. The van der Waals surface area contributed by atoms with Gasteiger partial charge < -0.3 is 14.2 Å². The number of fused-ring (bicyclic) bond motifs is 1. The minimum Gasteiger partial charge on any atom is -0.748 e. The molecule has 0 radical (unpaired) electrons. The van der Waals surface area contributed by atoms with E-state index >= 15 is 0 Å². The van der Waals surface area contributed by atoms with E-state index in [4.69, 9.17) is 4.74 Å². The van der Waals surface area contributed by atoms with Gasteiger partial charge in [-0.2, -0.15) is 0 Å². The van der Waals surface area contributed by atoms with E-state index in [0.29, 0.717) is 6.42 Å². The van der Waals surface area contributed by atoms with Gasteiger partial charge in [-0.05, 0) is 38.3 Å². The zero-order chi connectivity index (χ0) is 18.0. The van der Waals surface area contributed by atoms with Crippen LogP contribution in [0.4, 0.5) is 5.69 Å². The molecule has 1 aliphatic heterocycles. The van der Waals surface area contributed by atoms with Crippen molar-refractivity contribution in [2.75, 3.05) is 24.3 Å². The maximum atomic E-state index is 11.3. The van der Waals surface area contributed by atoms with Crippen LogP contribution in [0.3, 0.4) is 0 Å². The summed E-state index contributed by atoms with van der Waals surface area (Å²) in [6, 6.07) is 5.71. The summed E-state index contributed by atoms with van der Waals surface area (Å²) in [5, 5.41) is 0. The summed E-state index contributed by atoms with van der Waals surface area (Å²) in [7, 11) is -2.65. The fourth-order valence-electron chi connectivity index (χ4n) is 3.72. The molecule has 0 aliphatic carbocycles. The van der Waals surface area contributed by atoms with Crippen molar-refractivity contribution in [3.63, 3.8) is 0 Å². The number of unbranched alkanes of at least 4 members (excludes halogenated alkanes) is 2. The Hall–Kier alpha value is -0.270. The summed E-state index contributed by atoms with van der Waals surface area (Å²) >= 11 is 0. The Morgan fingerprint density at radius 1 is 1.32 bits per heavy atom. The first-order valence-corrected chi connectivity index (χ1v) is 10.1. The summed E-state index contributed by atoms with van der Waals surface area (Å²) in [5.41, 5.74) is 1.73. The summed E-state index contributed by atoms with van der Waals surface area (Å²) in [5.74, 6) is 0.125. The van der Waals surface area contributed by atoms with Crippen molar-refractivity contribution >= 4 is 15.8 Å². The summed E-state index contributed by atoms with van der Waals surface area (Å²) in [6.07, 6.45) is 4.04. The van der Waals surface area contributed by atoms with E-state index < -0.39 is 10.1 Å². The predicted molar refractivity (Wildman–Crippen MR) is 95.9 cm³/mol. The molecule has 136 valence electrons. The molecule has 1 atom stereocenters. The number of benzene rings is 1. The second-order valence-electron chi connectivity index (χ2n) is 7.22. The SMILES string of the molecule is CCCCCN1c2cc(OC)ccc2C(CS(=O)(=O)[O-])CC1(C)C.[Na+]. The largest absolute Gasteiger partial charge is 1.00 e. The van der Waals surface area contributed by atoms with Crippen LogP contribution in [-0.4, -0.2) is 37.9 Å². The van der Waals surface area contributed by atoms with Gasteiger partial charge in [-0.15, -0.1) is 0 Å². The average Bonchev–Trinajstić information content (AvgIpc) is 2.47. The maximum Gasteiger partial charge on any atom is 1.00 e. The molecule has 1 aromatic rings. The summed E-state index contributed by atoms with van der Waals surface area (Å²) in [6.45, 7) is 7.32. The first-order chi connectivity index (χ1) is 11.2. The molecule has 0 fully saturated rings. The van der Waals surface area contributed by atoms with E-state index in [0.717, 1.165) is 42.8 Å². The molecule has 0 N–H and O–H groups in total. The van der Waals surface area contributed by atoms with Crippen LogP contribution in [0.25, 0.3) is 0 Å². The Balaban J connectivity index is 0.00000312. The van der Waals surface area contributed by atoms with Gasteiger partial charge in [-0.3, -0.25) is 0 Å². The fourth-order valence-corrected chi connectivity index (χ4v) is 4.51. The minimum absolute atomic E-state index is 0. The van der Waals surface area contributed by atoms with Crippen LogP contribution >= 0.6 is 0 Å². The molecule has 5 nitrogen and oxygen atoms in total. The van der Waals surface area contributed by atoms with Gasteiger partial charge in [0, 0.05) is 35.5 Å². The molecular formula is C18H28NNaO4S. The number of methoxy groups -OCH3 is 1. The standard InChI is InChI=1S/C18H29NO4S.Na/c1-5-6-7-10-19-17-11-15(23-4)8-9-16(17)14(12-18(19,2)3)13-24(20,21)22;/h8-9,11,14H,5-7,10,12-13H2,1-4H3,(H,20,21,22);/q;+1/p-1. The fraction of sp³-hybridized carbons (Fsp3) is 0.667. The number of hydrogen-bond acceptors (Lipinski definition) is 5. The molecule has 2 rings (SSSR count).